The fraction of sp³-hybridized carbons (Fsp3) is 0.364. The lowest BCUT2D eigenvalue weighted by Crippen LogP contribution is -2.15. The van der Waals surface area contributed by atoms with E-state index in [2.05, 4.69) is 0 Å². The van der Waals surface area contributed by atoms with Gasteiger partial charge in [0.1, 0.15) is 5.67 Å². The maximum Gasteiger partial charge on any atom is 0.336 e. The predicted octanol–water partition coefficient (Wildman–Crippen LogP) is 2.32. The van der Waals surface area contributed by atoms with Gasteiger partial charge in [-0.25, -0.2) is 9.18 Å². The lowest BCUT2D eigenvalue weighted by molar-refractivity contribution is 0.0688. The zero-order valence-electron chi connectivity index (χ0n) is 8.91. The summed E-state index contributed by atoms with van der Waals surface area (Å²) in [5, 5.41) is 9.00. The molecule has 0 atom stereocenters. The Morgan fingerprint density at radius 1 is 1.38 bits per heavy atom. The van der Waals surface area contributed by atoms with Crippen molar-refractivity contribution in [1.29, 1.82) is 0 Å². The highest BCUT2D eigenvalue weighted by Crippen LogP contribution is 2.39. The second-order valence-corrected chi connectivity index (χ2v) is 4.03. The van der Waals surface area contributed by atoms with Crippen molar-refractivity contribution >= 4 is 5.97 Å². The highest BCUT2D eigenvalue weighted by Gasteiger charge is 2.29. The van der Waals surface area contributed by atoms with E-state index >= 15 is 0 Å². The zero-order valence-corrected chi connectivity index (χ0v) is 8.91. The van der Waals surface area contributed by atoms with Crippen LogP contribution >= 0.6 is 0 Å². The third-order valence-electron chi connectivity index (χ3n) is 2.38. The van der Waals surface area contributed by atoms with Gasteiger partial charge in [-0.15, -0.1) is 0 Å². The van der Waals surface area contributed by atoms with Gasteiger partial charge in [0.05, 0.1) is 5.56 Å². The number of fused-ring (bicyclic) bond motifs is 1. The second-order valence-electron chi connectivity index (χ2n) is 4.03. The molecule has 0 radical (unpaired) electrons. The number of halogens is 1. The van der Waals surface area contributed by atoms with Crippen LogP contribution in [0.15, 0.2) is 12.1 Å². The first-order valence-corrected chi connectivity index (χ1v) is 4.76. The molecule has 0 amide bonds. The van der Waals surface area contributed by atoms with Gasteiger partial charge < -0.3 is 14.6 Å². The van der Waals surface area contributed by atoms with Crippen LogP contribution in [-0.2, 0) is 5.67 Å². The normalized spacial score (nSPS) is 13.9. The number of ether oxygens (including phenoxy) is 2. The first kappa shape index (κ1) is 10.7. The molecular formula is C11H11FO4. The molecule has 1 N–H and O–H groups in total. The summed E-state index contributed by atoms with van der Waals surface area (Å²) in [5.41, 5.74) is -1.75. The number of benzene rings is 1. The van der Waals surface area contributed by atoms with E-state index in [1.54, 1.807) is 0 Å². The molecule has 16 heavy (non-hydrogen) atoms. The van der Waals surface area contributed by atoms with Crippen LogP contribution in [0.4, 0.5) is 4.39 Å². The molecule has 0 unspecified atom stereocenters. The van der Waals surface area contributed by atoms with Gasteiger partial charge in [0.15, 0.2) is 11.5 Å². The highest BCUT2D eigenvalue weighted by molar-refractivity contribution is 5.91. The molecule has 1 aliphatic rings. The van der Waals surface area contributed by atoms with Crippen LogP contribution < -0.4 is 9.47 Å². The predicted molar refractivity (Wildman–Crippen MR) is 53.7 cm³/mol. The Bertz CT molecular complexity index is 448. The van der Waals surface area contributed by atoms with Gasteiger partial charge in [0.2, 0.25) is 6.79 Å². The van der Waals surface area contributed by atoms with Crippen LogP contribution in [0.3, 0.4) is 0 Å². The molecule has 0 saturated carbocycles. The lowest BCUT2D eigenvalue weighted by atomic mass is 9.94. The summed E-state index contributed by atoms with van der Waals surface area (Å²) in [5.74, 6) is -0.463. The van der Waals surface area contributed by atoms with Crippen molar-refractivity contribution in [2.24, 2.45) is 0 Å². The van der Waals surface area contributed by atoms with E-state index < -0.39 is 11.6 Å². The van der Waals surface area contributed by atoms with Crippen molar-refractivity contribution in [1.82, 2.24) is 0 Å². The minimum atomic E-state index is -1.74. The first-order chi connectivity index (χ1) is 7.39. The molecule has 0 spiro atoms. The van der Waals surface area contributed by atoms with E-state index in [-0.39, 0.29) is 17.9 Å². The molecule has 2 rings (SSSR count). The maximum atomic E-state index is 13.9. The largest absolute Gasteiger partial charge is 0.478 e. The van der Waals surface area contributed by atoms with Crippen LogP contribution in [0.1, 0.15) is 29.8 Å². The SMILES string of the molecule is CC(C)(F)c1cc2c(cc1C(=O)O)OCO2. The van der Waals surface area contributed by atoms with Gasteiger partial charge in [0, 0.05) is 5.56 Å². The molecule has 1 aromatic carbocycles. The molecule has 0 aliphatic carbocycles. The van der Waals surface area contributed by atoms with Crippen molar-refractivity contribution in [3.63, 3.8) is 0 Å². The molecule has 0 bridgehead atoms. The fourth-order valence-corrected chi connectivity index (χ4v) is 1.61. The van der Waals surface area contributed by atoms with E-state index in [4.69, 9.17) is 14.6 Å². The monoisotopic (exact) mass is 226 g/mol. The maximum absolute atomic E-state index is 13.9. The van der Waals surface area contributed by atoms with Crippen LogP contribution in [0.5, 0.6) is 11.5 Å². The smallest absolute Gasteiger partial charge is 0.336 e. The molecule has 1 aliphatic heterocycles. The minimum Gasteiger partial charge on any atom is -0.478 e. The molecule has 0 fully saturated rings. The first-order valence-electron chi connectivity index (χ1n) is 4.76. The molecule has 86 valence electrons. The summed E-state index contributed by atoms with van der Waals surface area (Å²) in [6.45, 7) is 2.64. The number of carbonyl (C=O) groups is 1. The van der Waals surface area contributed by atoms with Gasteiger partial charge in [-0.2, -0.15) is 0 Å². The molecule has 1 heterocycles. The van der Waals surface area contributed by atoms with Crippen molar-refractivity contribution in [3.8, 4) is 11.5 Å². The number of hydrogen-bond acceptors (Lipinski definition) is 3. The van der Waals surface area contributed by atoms with Crippen LogP contribution in [-0.4, -0.2) is 17.9 Å². The van der Waals surface area contributed by atoms with Crippen molar-refractivity contribution in [3.05, 3.63) is 23.3 Å². The standard InChI is InChI=1S/C11H11FO4/c1-11(2,12)7-4-9-8(15-5-16-9)3-6(7)10(13)14/h3-4H,5H2,1-2H3,(H,13,14). The van der Waals surface area contributed by atoms with Gasteiger partial charge in [-0.05, 0) is 26.0 Å². The Labute approximate surface area is 91.6 Å². The molecule has 5 heteroatoms. The van der Waals surface area contributed by atoms with E-state index in [0.717, 1.165) is 0 Å². The summed E-state index contributed by atoms with van der Waals surface area (Å²) in [4.78, 5) is 11.0. The summed E-state index contributed by atoms with van der Waals surface area (Å²) in [7, 11) is 0. The number of carboxylic acid groups (broad SMARTS) is 1. The molecular weight excluding hydrogens is 215 g/mol. The molecule has 4 nitrogen and oxygen atoms in total. The second kappa shape index (κ2) is 3.37. The highest BCUT2D eigenvalue weighted by atomic mass is 19.1. The summed E-state index contributed by atoms with van der Waals surface area (Å²) in [6.07, 6.45) is 0. The summed E-state index contributed by atoms with van der Waals surface area (Å²) < 4.78 is 24.0. The number of hydrogen-bond donors (Lipinski definition) is 1. The summed E-state index contributed by atoms with van der Waals surface area (Å²) in [6, 6.07) is 2.67. The van der Waals surface area contributed by atoms with Crippen molar-refractivity contribution < 1.29 is 23.8 Å². The van der Waals surface area contributed by atoms with E-state index in [9.17, 15) is 9.18 Å². The Morgan fingerprint density at radius 2 is 1.94 bits per heavy atom. The fourth-order valence-electron chi connectivity index (χ4n) is 1.61. The van der Waals surface area contributed by atoms with Crippen molar-refractivity contribution in [2.45, 2.75) is 19.5 Å². The number of rotatable bonds is 2. The number of alkyl halides is 1. The Hall–Kier alpha value is -1.78. The zero-order chi connectivity index (χ0) is 11.9. The average molecular weight is 226 g/mol. The Balaban J connectivity index is 2.62. The Morgan fingerprint density at radius 3 is 2.44 bits per heavy atom. The Kier molecular flexibility index (Phi) is 2.26. The molecule has 1 aromatic rings. The minimum absolute atomic E-state index is 0.0323. The van der Waals surface area contributed by atoms with E-state index in [1.807, 2.05) is 0 Å². The molecule has 0 saturated heterocycles. The number of aromatic carboxylic acids is 1. The topological polar surface area (TPSA) is 55.8 Å². The van der Waals surface area contributed by atoms with Gasteiger partial charge in [-0.3, -0.25) is 0 Å². The quantitative estimate of drug-likeness (QED) is 0.840. The van der Waals surface area contributed by atoms with Crippen LogP contribution in [0.25, 0.3) is 0 Å². The number of carboxylic acids is 1. The van der Waals surface area contributed by atoms with Gasteiger partial charge in [0.25, 0.3) is 0 Å². The van der Waals surface area contributed by atoms with Crippen LogP contribution in [0.2, 0.25) is 0 Å². The lowest BCUT2D eigenvalue weighted by Gasteiger charge is -2.17. The third-order valence-corrected chi connectivity index (χ3v) is 2.38. The van der Waals surface area contributed by atoms with Gasteiger partial charge >= 0.3 is 5.97 Å². The van der Waals surface area contributed by atoms with E-state index in [0.29, 0.717) is 11.5 Å². The van der Waals surface area contributed by atoms with Gasteiger partial charge in [-0.1, -0.05) is 0 Å². The summed E-state index contributed by atoms with van der Waals surface area (Å²) >= 11 is 0. The van der Waals surface area contributed by atoms with E-state index in [1.165, 1.54) is 26.0 Å². The third kappa shape index (κ3) is 1.68. The van der Waals surface area contributed by atoms with Crippen LogP contribution in [0, 0.1) is 0 Å². The van der Waals surface area contributed by atoms with Crippen molar-refractivity contribution in [2.75, 3.05) is 6.79 Å². The average Bonchev–Trinajstić information content (AvgIpc) is 2.60. The molecule has 0 aromatic heterocycles.